The zero-order valence-electron chi connectivity index (χ0n) is 25.6. The largest absolute Gasteiger partial charge is 0.871 e. The summed E-state index contributed by atoms with van der Waals surface area (Å²) in [5, 5.41) is 13.1. The van der Waals surface area contributed by atoms with Crippen LogP contribution in [0.5, 0.6) is 0 Å². The van der Waals surface area contributed by atoms with Crippen molar-refractivity contribution in [1.82, 2.24) is 0 Å². The molecule has 2 aromatic rings. The molecule has 0 bridgehead atoms. The molecule has 222 valence electrons. The predicted molar refractivity (Wildman–Crippen MR) is 179 cm³/mol. The Morgan fingerprint density at radius 2 is 1.43 bits per heavy atom. The van der Waals surface area contributed by atoms with Gasteiger partial charge in [0, 0.05) is 67.1 Å². The standard InChI is InChI=1S/C36H45N3O2S/c1-5-7-22-39(23-8-6-2)32-20-16-29(17-21-32)34-35(40)33(36(34)41)28-14-18-31(19-15-28)38(4)25-27-42-26-24-37(3)30-12-10-9-11-13-30/h9-21H,5-8,22-27H2,1-4H3. The highest BCUT2D eigenvalue weighted by Gasteiger charge is 2.30. The van der Waals surface area contributed by atoms with Crippen LogP contribution in [0.3, 0.4) is 0 Å². The van der Waals surface area contributed by atoms with Crippen molar-refractivity contribution in [2.24, 2.45) is 0 Å². The van der Waals surface area contributed by atoms with E-state index in [0.717, 1.165) is 74.8 Å². The fourth-order valence-electron chi connectivity index (χ4n) is 5.15. The molecule has 42 heavy (non-hydrogen) atoms. The Bertz CT molecular complexity index is 1340. The first kappa shape index (κ1) is 31.4. The Hall–Kier alpha value is -3.51. The van der Waals surface area contributed by atoms with Crippen LogP contribution in [0.15, 0.2) is 95.8 Å². The zero-order valence-corrected chi connectivity index (χ0v) is 26.5. The minimum absolute atomic E-state index is 0.153. The van der Waals surface area contributed by atoms with E-state index in [1.54, 1.807) is 0 Å². The summed E-state index contributed by atoms with van der Waals surface area (Å²) >= 11 is 1.95. The molecule has 0 saturated carbocycles. The number of para-hydroxylation sites is 1. The molecule has 0 spiro atoms. The summed E-state index contributed by atoms with van der Waals surface area (Å²) in [4.78, 5) is 17.8. The van der Waals surface area contributed by atoms with Gasteiger partial charge in [-0.3, -0.25) is 4.79 Å². The van der Waals surface area contributed by atoms with Crippen molar-refractivity contribution in [2.75, 3.05) is 61.6 Å². The molecule has 6 heteroatoms. The van der Waals surface area contributed by atoms with Gasteiger partial charge in [0.1, 0.15) is 7.05 Å². The van der Waals surface area contributed by atoms with E-state index in [2.05, 4.69) is 78.7 Å². The van der Waals surface area contributed by atoms with Gasteiger partial charge >= 0.3 is 0 Å². The highest BCUT2D eigenvalue weighted by Crippen LogP contribution is 2.37. The molecule has 0 amide bonds. The maximum absolute atomic E-state index is 13.1. The van der Waals surface area contributed by atoms with Crippen LogP contribution in [-0.2, 0) is 4.79 Å². The summed E-state index contributed by atoms with van der Waals surface area (Å²) in [6, 6.07) is 18.4. The van der Waals surface area contributed by atoms with Crippen molar-refractivity contribution in [3.63, 3.8) is 0 Å². The maximum Gasteiger partial charge on any atom is 0.199 e. The van der Waals surface area contributed by atoms with Crippen LogP contribution in [0, 0.1) is 0 Å². The lowest BCUT2D eigenvalue weighted by Crippen LogP contribution is -2.30. The quantitative estimate of drug-likeness (QED) is 0.144. The molecule has 0 atom stereocenters. The number of hydrogen-bond donors (Lipinski definition) is 0. The van der Waals surface area contributed by atoms with Gasteiger partial charge in [0.05, 0.1) is 5.75 Å². The number of nitrogens with zero attached hydrogens (tertiary/aromatic N) is 3. The molecule has 0 heterocycles. The van der Waals surface area contributed by atoms with E-state index in [9.17, 15) is 9.90 Å². The highest BCUT2D eigenvalue weighted by atomic mass is 32.2. The third kappa shape index (κ3) is 7.86. The molecule has 0 fully saturated rings. The van der Waals surface area contributed by atoms with Crippen molar-refractivity contribution in [3.05, 3.63) is 101 Å². The number of benzene rings is 2. The summed E-state index contributed by atoms with van der Waals surface area (Å²) in [6.07, 6.45) is 12.4. The number of carbonyl (C=O) groups excluding carboxylic acids is 1. The molecule has 0 N–H and O–H groups in total. The molecule has 2 aliphatic carbocycles. The van der Waals surface area contributed by atoms with Gasteiger partial charge in [0.25, 0.3) is 0 Å². The van der Waals surface area contributed by atoms with Crippen LogP contribution < -0.4 is 14.9 Å². The van der Waals surface area contributed by atoms with E-state index in [0.29, 0.717) is 22.3 Å². The molecule has 0 aliphatic heterocycles. The van der Waals surface area contributed by atoms with Crippen molar-refractivity contribution < 1.29 is 14.5 Å². The van der Waals surface area contributed by atoms with Crippen LogP contribution in [0.4, 0.5) is 11.4 Å². The molecule has 2 aliphatic rings. The van der Waals surface area contributed by atoms with Gasteiger partial charge in [-0.15, -0.1) is 0 Å². The monoisotopic (exact) mass is 583 g/mol. The molecule has 0 aromatic heterocycles. The third-order valence-electron chi connectivity index (χ3n) is 7.93. The number of hydrogen-bond acceptors (Lipinski definition) is 5. The van der Waals surface area contributed by atoms with Gasteiger partial charge in [-0.1, -0.05) is 62.8 Å². The molecule has 5 nitrogen and oxygen atoms in total. The smallest absolute Gasteiger partial charge is 0.199 e. The lowest BCUT2D eigenvalue weighted by atomic mass is 9.80. The van der Waals surface area contributed by atoms with Crippen molar-refractivity contribution >= 4 is 40.2 Å². The lowest BCUT2D eigenvalue weighted by Gasteiger charge is -2.32. The van der Waals surface area contributed by atoms with Crippen molar-refractivity contribution in [3.8, 4) is 0 Å². The number of ketones is 1. The maximum atomic E-state index is 13.1. The number of unbranched alkanes of at least 4 members (excludes halogenated alkanes) is 2. The molecular formula is C36H45N3O2S. The van der Waals surface area contributed by atoms with Gasteiger partial charge in [0.2, 0.25) is 0 Å². The molecule has 2 aromatic carbocycles. The Labute approximate surface area is 256 Å². The van der Waals surface area contributed by atoms with Crippen LogP contribution >= 0.6 is 11.8 Å². The molecule has 4 rings (SSSR count). The van der Waals surface area contributed by atoms with E-state index >= 15 is 0 Å². The second-order valence-corrected chi connectivity index (χ2v) is 12.2. The Morgan fingerprint density at radius 3 is 2.02 bits per heavy atom. The van der Waals surface area contributed by atoms with Gasteiger partial charge in [-0.05, 0) is 60.4 Å². The summed E-state index contributed by atoms with van der Waals surface area (Å²) in [6.45, 7) is 8.40. The number of allylic oxidation sites excluding steroid dienone is 7. The molecular weight excluding hydrogens is 538 g/mol. The third-order valence-corrected chi connectivity index (χ3v) is 8.87. The van der Waals surface area contributed by atoms with E-state index in [1.807, 2.05) is 54.3 Å². The Morgan fingerprint density at radius 1 is 0.786 bits per heavy atom. The van der Waals surface area contributed by atoms with Gasteiger partial charge in [-0.2, -0.15) is 11.8 Å². The Balaban J connectivity index is 1.33. The van der Waals surface area contributed by atoms with Gasteiger partial charge < -0.3 is 14.9 Å². The topological polar surface area (TPSA) is 49.6 Å². The molecule has 0 radical (unpaired) electrons. The zero-order chi connectivity index (χ0) is 29.9. The normalized spacial score (nSPS) is 14.5. The highest BCUT2D eigenvalue weighted by molar-refractivity contribution is 7.99. The van der Waals surface area contributed by atoms with E-state index in [-0.39, 0.29) is 11.5 Å². The SMILES string of the molecule is CCCCN(CCCC)c1ccc(C2=C([O-])C(=C3C=CC(=[N+](C)CCSCCN(C)c4ccccc4)C=C3)C2=O)cc1. The van der Waals surface area contributed by atoms with Gasteiger partial charge in [0.15, 0.2) is 18.0 Å². The predicted octanol–water partition coefficient (Wildman–Crippen LogP) is 6.12. The van der Waals surface area contributed by atoms with Crippen LogP contribution in [0.25, 0.3) is 5.57 Å². The van der Waals surface area contributed by atoms with E-state index < -0.39 is 0 Å². The number of carbonyl (C=O) groups is 1. The first-order valence-electron chi connectivity index (χ1n) is 15.3. The van der Waals surface area contributed by atoms with Crippen LogP contribution in [0.2, 0.25) is 0 Å². The molecule has 0 saturated heterocycles. The summed E-state index contributed by atoms with van der Waals surface area (Å²) < 4.78 is 2.22. The average molecular weight is 584 g/mol. The van der Waals surface area contributed by atoms with E-state index in [4.69, 9.17) is 0 Å². The number of Topliss-reactive ketones (excluding diaryl/α,β-unsaturated/α-hetero) is 1. The number of thioether (sulfide) groups is 1. The average Bonchev–Trinajstić information content (AvgIpc) is 3.02. The van der Waals surface area contributed by atoms with Crippen LogP contribution in [-0.4, -0.2) is 67.9 Å². The van der Waals surface area contributed by atoms with Crippen LogP contribution in [0.1, 0.15) is 45.1 Å². The minimum atomic E-state index is -0.153. The van der Waals surface area contributed by atoms with E-state index in [1.165, 1.54) is 5.69 Å². The summed E-state index contributed by atoms with van der Waals surface area (Å²) in [5.41, 5.74) is 5.50. The van der Waals surface area contributed by atoms with Crippen molar-refractivity contribution in [2.45, 2.75) is 39.5 Å². The molecule has 0 unspecified atom stereocenters. The minimum Gasteiger partial charge on any atom is -0.871 e. The number of rotatable bonds is 15. The fourth-order valence-corrected chi connectivity index (χ4v) is 6.16. The second-order valence-electron chi connectivity index (χ2n) is 11.0. The van der Waals surface area contributed by atoms with Gasteiger partial charge in [-0.25, -0.2) is 4.58 Å². The lowest BCUT2D eigenvalue weighted by molar-refractivity contribution is -0.490. The number of anilines is 2. The second kappa shape index (κ2) is 15.6. The first-order chi connectivity index (χ1) is 20.4. The fraction of sp³-hybridized carbons (Fsp3) is 0.389. The summed E-state index contributed by atoms with van der Waals surface area (Å²) in [7, 11) is 4.21. The first-order valence-corrected chi connectivity index (χ1v) is 16.4. The summed E-state index contributed by atoms with van der Waals surface area (Å²) in [5.74, 6) is 1.79. The van der Waals surface area contributed by atoms with Crippen molar-refractivity contribution in [1.29, 1.82) is 0 Å². The Kier molecular flexibility index (Phi) is 11.7.